The lowest BCUT2D eigenvalue weighted by molar-refractivity contribution is 0.475. The zero-order valence-electron chi connectivity index (χ0n) is 11.9. The lowest BCUT2D eigenvalue weighted by Crippen LogP contribution is -2.10. The van der Waals surface area contributed by atoms with Crippen molar-refractivity contribution in [2.24, 2.45) is 0 Å². The van der Waals surface area contributed by atoms with Crippen LogP contribution in [-0.2, 0) is 10.0 Å². The summed E-state index contributed by atoms with van der Waals surface area (Å²) in [4.78, 5) is 0. The summed E-state index contributed by atoms with van der Waals surface area (Å²) in [7, 11) is -3.25. The van der Waals surface area contributed by atoms with Crippen molar-refractivity contribution in [2.45, 2.75) is 13.0 Å². The van der Waals surface area contributed by atoms with Crippen LogP contribution in [0.1, 0.15) is 18.5 Å². The second-order valence-corrected chi connectivity index (χ2v) is 6.66. The predicted octanol–water partition coefficient (Wildman–Crippen LogP) is 2.94. The molecular formula is C15H18N2O3S. The van der Waals surface area contributed by atoms with E-state index in [1.54, 1.807) is 24.3 Å². The second-order valence-electron chi connectivity index (χ2n) is 4.91. The van der Waals surface area contributed by atoms with Crippen LogP contribution in [0.25, 0.3) is 0 Å². The Hall–Kier alpha value is -2.21. The average molecular weight is 306 g/mol. The number of rotatable bonds is 5. The van der Waals surface area contributed by atoms with E-state index in [1.807, 2.05) is 31.2 Å². The molecule has 0 aromatic heterocycles. The summed E-state index contributed by atoms with van der Waals surface area (Å²) in [6.45, 7) is 2.01. The first kappa shape index (κ1) is 15.2. The Labute approximate surface area is 124 Å². The molecule has 2 aromatic rings. The first-order chi connectivity index (χ1) is 9.83. The summed E-state index contributed by atoms with van der Waals surface area (Å²) in [5.74, 6) is 0.238. The van der Waals surface area contributed by atoms with Crippen molar-refractivity contribution in [2.75, 3.05) is 16.3 Å². The molecule has 2 aromatic carbocycles. The van der Waals surface area contributed by atoms with E-state index < -0.39 is 10.0 Å². The Morgan fingerprint density at radius 3 is 2.00 bits per heavy atom. The van der Waals surface area contributed by atoms with Gasteiger partial charge in [0.05, 0.1) is 6.26 Å². The molecule has 0 aliphatic carbocycles. The summed E-state index contributed by atoms with van der Waals surface area (Å²) < 4.78 is 24.7. The molecule has 21 heavy (non-hydrogen) atoms. The molecule has 1 atom stereocenters. The van der Waals surface area contributed by atoms with E-state index in [0.29, 0.717) is 5.69 Å². The van der Waals surface area contributed by atoms with Gasteiger partial charge in [-0.3, -0.25) is 4.72 Å². The SMILES string of the molecule is CC(Nc1ccc(NS(C)(=O)=O)cc1)c1ccc(O)cc1. The number of benzene rings is 2. The fourth-order valence-corrected chi connectivity index (χ4v) is 2.51. The molecule has 0 bridgehead atoms. The van der Waals surface area contributed by atoms with Crippen LogP contribution in [0.3, 0.4) is 0 Å². The molecule has 0 aliphatic rings. The molecule has 0 radical (unpaired) electrons. The molecule has 0 amide bonds. The fourth-order valence-electron chi connectivity index (χ4n) is 1.94. The van der Waals surface area contributed by atoms with Gasteiger partial charge in [-0.15, -0.1) is 0 Å². The van der Waals surface area contributed by atoms with Crippen LogP contribution in [0.2, 0.25) is 0 Å². The van der Waals surface area contributed by atoms with Gasteiger partial charge in [-0.1, -0.05) is 12.1 Å². The molecule has 0 fully saturated rings. The molecule has 0 saturated heterocycles. The van der Waals surface area contributed by atoms with Gasteiger partial charge in [-0.05, 0) is 48.9 Å². The zero-order chi connectivity index (χ0) is 15.5. The largest absolute Gasteiger partial charge is 0.508 e. The number of anilines is 2. The van der Waals surface area contributed by atoms with Gasteiger partial charge in [-0.2, -0.15) is 0 Å². The number of hydrogen-bond acceptors (Lipinski definition) is 4. The third kappa shape index (κ3) is 4.68. The van der Waals surface area contributed by atoms with Crippen LogP contribution in [-0.4, -0.2) is 19.8 Å². The zero-order valence-corrected chi connectivity index (χ0v) is 12.7. The lowest BCUT2D eigenvalue weighted by atomic mass is 10.1. The van der Waals surface area contributed by atoms with Crippen LogP contribution >= 0.6 is 0 Å². The minimum absolute atomic E-state index is 0.0688. The van der Waals surface area contributed by atoms with Crippen molar-refractivity contribution < 1.29 is 13.5 Å². The van der Waals surface area contributed by atoms with E-state index in [1.165, 1.54) is 0 Å². The molecule has 5 nitrogen and oxygen atoms in total. The van der Waals surface area contributed by atoms with Crippen LogP contribution in [0.5, 0.6) is 5.75 Å². The summed E-state index contributed by atoms with van der Waals surface area (Å²) in [6.07, 6.45) is 1.12. The highest BCUT2D eigenvalue weighted by atomic mass is 32.2. The van der Waals surface area contributed by atoms with Gasteiger partial charge in [0.2, 0.25) is 10.0 Å². The molecule has 6 heteroatoms. The number of phenolic OH excluding ortho intramolecular Hbond substituents is 1. The van der Waals surface area contributed by atoms with Gasteiger partial charge < -0.3 is 10.4 Å². The second kappa shape index (κ2) is 6.05. The monoisotopic (exact) mass is 306 g/mol. The van der Waals surface area contributed by atoms with Gasteiger partial charge in [0, 0.05) is 17.4 Å². The first-order valence-corrected chi connectivity index (χ1v) is 8.36. The fraction of sp³-hybridized carbons (Fsp3) is 0.200. The number of aromatic hydroxyl groups is 1. The van der Waals surface area contributed by atoms with E-state index in [2.05, 4.69) is 10.0 Å². The lowest BCUT2D eigenvalue weighted by Gasteiger charge is -2.16. The van der Waals surface area contributed by atoms with Gasteiger partial charge >= 0.3 is 0 Å². The normalized spacial score (nSPS) is 12.7. The van der Waals surface area contributed by atoms with Gasteiger partial charge in [0.15, 0.2) is 0 Å². The third-order valence-electron chi connectivity index (χ3n) is 2.96. The Bertz CT molecular complexity index is 695. The van der Waals surface area contributed by atoms with Crippen molar-refractivity contribution >= 4 is 21.4 Å². The summed E-state index contributed by atoms with van der Waals surface area (Å²) in [5.41, 5.74) is 2.46. The van der Waals surface area contributed by atoms with Crippen molar-refractivity contribution in [1.82, 2.24) is 0 Å². The molecular weight excluding hydrogens is 288 g/mol. The number of hydrogen-bond donors (Lipinski definition) is 3. The molecule has 0 heterocycles. The number of phenols is 1. The number of sulfonamides is 1. The average Bonchev–Trinajstić information content (AvgIpc) is 2.40. The van der Waals surface area contributed by atoms with E-state index in [-0.39, 0.29) is 11.8 Å². The summed E-state index contributed by atoms with van der Waals surface area (Å²) in [6, 6.07) is 14.1. The molecule has 2 rings (SSSR count). The topological polar surface area (TPSA) is 78.4 Å². The Morgan fingerprint density at radius 1 is 0.952 bits per heavy atom. The van der Waals surface area contributed by atoms with Crippen molar-refractivity contribution in [3.63, 3.8) is 0 Å². The maximum atomic E-state index is 11.1. The highest BCUT2D eigenvalue weighted by molar-refractivity contribution is 7.92. The van der Waals surface area contributed by atoms with E-state index in [0.717, 1.165) is 17.5 Å². The molecule has 0 spiro atoms. The highest BCUT2D eigenvalue weighted by Gasteiger charge is 2.06. The smallest absolute Gasteiger partial charge is 0.229 e. The van der Waals surface area contributed by atoms with Gasteiger partial charge in [-0.25, -0.2) is 8.42 Å². The predicted molar refractivity (Wildman–Crippen MR) is 85.1 cm³/mol. The van der Waals surface area contributed by atoms with Gasteiger partial charge in [0.1, 0.15) is 5.75 Å². The highest BCUT2D eigenvalue weighted by Crippen LogP contribution is 2.22. The Kier molecular flexibility index (Phi) is 4.37. The van der Waals surface area contributed by atoms with Crippen molar-refractivity contribution in [3.05, 3.63) is 54.1 Å². The minimum atomic E-state index is -3.25. The van der Waals surface area contributed by atoms with Gasteiger partial charge in [0.25, 0.3) is 0 Å². The third-order valence-corrected chi connectivity index (χ3v) is 3.57. The standard InChI is InChI=1S/C15H18N2O3S/c1-11(12-3-9-15(18)10-4-12)16-13-5-7-14(8-6-13)17-21(2,19)20/h3-11,16-18H,1-2H3. The van der Waals surface area contributed by atoms with Crippen LogP contribution in [0.15, 0.2) is 48.5 Å². The van der Waals surface area contributed by atoms with Crippen molar-refractivity contribution in [1.29, 1.82) is 0 Å². The summed E-state index contributed by atoms with van der Waals surface area (Å²) in [5, 5.41) is 12.6. The maximum Gasteiger partial charge on any atom is 0.229 e. The molecule has 1 unspecified atom stereocenters. The van der Waals surface area contributed by atoms with Crippen LogP contribution in [0, 0.1) is 0 Å². The molecule has 0 saturated carbocycles. The quantitative estimate of drug-likeness (QED) is 0.793. The van der Waals surface area contributed by atoms with Crippen LogP contribution < -0.4 is 10.0 Å². The van der Waals surface area contributed by atoms with Crippen LogP contribution in [0.4, 0.5) is 11.4 Å². The van der Waals surface area contributed by atoms with E-state index in [9.17, 15) is 13.5 Å². The van der Waals surface area contributed by atoms with Crippen molar-refractivity contribution in [3.8, 4) is 5.75 Å². The number of nitrogens with one attached hydrogen (secondary N) is 2. The molecule has 3 N–H and O–H groups in total. The molecule has 0 aliphatic heterocycles. The maximum absolute atomic E-state index is 11.1. The van der Waals surface area contributed by atoms with E-state index >= 15 is 0 Å². The Morgan fingerprint density at radius 2 is 1.48 bits per heavy atom. The summed E-state index contributed by atoms with van der Waals surface area (Å²) >= 11 is 0. The minimum Gasteiger partial charge on any atom is -0.508 e. The molecule has 112 valence electrons. The van der Waals surface area contributed by atoms with E-state index in [4.69, 9.17) is 0 Å². The first-order valence-electron chi connectivity index (χ1n) is 6.47. The Balaban J connectivity index is 2.04.